The maximum Gasteiger partial charge on any atom is 0.333 e. The van der Waals surface area contributed by atoms with Crippen molar-refractivity contribution >= 4 is 52.9 Å². The summed E-state index contributed by atoms with van der Waals surface area (Å²) >= 11 is 0. The summed E-state index contributed by atoms with van der Waals surface area (Å²) in [7, 11) is 5.22. The molecule has 0 spiro atoms. The number of anilines is 1. The third-order valence-corrected chi connectivity index (χ3v) is 12.5. The Kier molecular flexibility index (Phi) is 14.4. The molecule has 1 aromatic heterocycles. The van der Waals surface area contributed by atoms with Crippen LogP contribution in [-0.2, 0) is 44.7 Å². The van der Waals surface area contributed by atoms with Crippen molar-refractivity contribution in [3.05, 3.63) is 102 Å². The third kappa shape index (κ3) is 10.2. The van der Waals surface area contributed by atoms with Crippen LogP contribution < -0.4 is 20.9 Å². The first-order chi connectivity index (χ1) is 30.8. The van der Waals surface area contributed by atoms with Gasteiger partial charge in [-0.15, -0.1) is 0 Å². The predicted octanol–water partition coefficient (Wildman–Crippen LogP) is 1.83. The Balaban J connectivity index is 1.47. The highest BCUT2D eigenvalue weighted by Crippen LogP contribution is 2.29. The Hall–Kier alpha value is -7.11. The van der Waals surface area contributed by atoms with Gasteiger partial charge in [-0.3, -0.25) is 33.6 Å². The molecule has 3 aliphatic rings. The highest BCUT2D eigenvalue weighted by molar-refractivity contribution is 6.05. The fourth-order valence-corrected chi connectivity index (χ4v) is 8.31. The number of cyclic esters (lactones) is 1. The number of nitrogens with one attached hydrogen (secondary N) is 3. The van der Waals surface area contributed by atoms with Gasteiger partial charge in [0.05, 0.1) is 0 Å². The van der Waals surface area contributed by atoms with Crippen LogP contribution in [0.3, 0.4) is 0 Å². The number of piperidine rings is 1. The number of benzene rings is 2. The van der Waals surface area contributed by atoms with Gasteiger partial charge in [0.25, 0.3) is 5.91 Å². The average Bonchev–Trinajstić information content (AvgIpc) is 3.79. The molecule has 2 aromatic carbocycles. The van der Waals surface area contributed by atoms with Crippen molar-refractivity contribution in [3.8, 4) is 5.75 Å². The lowest BCUT2D eigenvalue weighted by Crippen LogP contribution is -2.64. The molecule has 3 aliphatic heterocycles. The first kappa shape index (κ1) is 47.4. The summed E-state index contributed by atoms with van der Waals surface area (Å²) in [6.07, 6.45) is -0.0625. The summed E-state index contributed by atoms with van der Waals surface area (Å²) in [6.45, 7) is 8.13. The lowest BCUT2D eigenvalue weighted by atomic mass is 9.93. The summed E-state index contributed by atoms with van der Waals surface area (Å²) in [5.41, 5.74) is -0.243. The number of carbonyl (C=O) groups excluding carboxylic acids is 8. The zero-order chi connectivity index (χ0) is 47.3. The van der Waals surface area contributed by atoms with Crippen LogP contribution in [0.4, 0.5) is 5.69 Å². The second kappa shape index (κ2) is 19.7. The maximum absolute atomic E-state index is 15.1. The molecule has 344 valence electrons. The lowest BCUT2D eigenvalue weighted by Gasteiger charge is -2.41. The molecule has 3 saturated heterocycles. The van der Waals surface area contributed by atoms with Crippen molar-refractivity contribution in [1.29, 1.82) is 0 Å². The molecule has 4 N–H and O–H groups in total. The van der Waals surface area contributed by atoms with Gasteiger partial charge in [-0.05, 0) is 68.5 Å². The largest absolute Gasteiger partial charge is 0.505 e. The van der Waals surface area contributed by atoms with E-state index in [0.717, 1.165) is 5.69 Å². The quantitative estimate of drug-likeness (QED) is 0.197. The van der Waals surface area contributed by atoms with E-state index in [1.165, 1.54) is 53.9 Å². The number of pyridine rings is 1. The SMILES string of the molecule is C=C1CN2C(=O)[C@H](Cc3ccc(N(C)C)cc3)N(C)C(=O)[C@@H]3CCCN3C(=O)[C@](C)(CC)NC(=O)[C@@H](NC(=O)c3ncccc3O)[C@@H](C)OC(=O)[C@H](c3ccccc3)NC(=O)[C@@H]2CC1=O. The first-order valence-electron chi connectivity index (χ1n) is 21.5. The predicted molar refractivity (Wildman–Crippen MR) is 237 cm³/mol. The minimum absolute atomic E-state index is 0.0102. The van der Waals surface area contributed by atoms with Crippen LogP contribution in [-0.4, -0.2) is 142 Å². The van der Waals surface area contributed by atoms with Gasteiger partial charge < -0.3 is 45.4 Å². The number of amides is 6. The molecule has 7 atom stereocenters. The van der Waals surface area contributed by atoms with Crippen LogP contribution in [0.25, 0.3) is 0 Å². The summed E-state index contributed by atoms with van der Waals surface area (Å²) in [4.78, 5) is 125. The average molecular weight is 893 g/mol. The smallest absolute Gasteiger partial charge is 0.333 e. The molecular weight excluding hydrogens is 837 g/mol. The van der Waals surface area contributed by atoms with Crippen LogP contribution in [0.5, 0.6) is 5.75 Å². The van der Waals surface area contributed by atoms with Crippen molar-refractivity contribution < 1.29 is 48.2 Å². The lowest BCUT2D eigenvalue weighted by molar-refractivity contribution is -0.156. The van der Waals surface area contributed by atoms with E-state index in [4.69, 9.17) is 4.74 Å². The van der Waals surface area contributed by atoms with E-state index in [-0.39, 0.29) is 43.5 Å². The molecule has 3 fully saturated rings. The minimum Gasteiger partial charge on any atom is -0.505 e. The van der Waals surface area contributed by atoms with Crippen LogP contribution in [0.2, 0.25) is 0 Å². The van der Waals surface area contributed by atoms with E-state index in [1.807, 2.05) is 43.3 Å². The number of aromatic nitrogens is 1. The molecule has 18 nitrogen and oxygen atoms in total. The van der Waals surface area contributed by atoms with E-state index in [0.29, 0.717) is 12.0 Å². The summed E-state index contributed by atoms with van der Waals surface area (Å²) in [6, 6.07) is 10.9. The minimum atomic E-state index is -1.72. The van der Waals surface area contributed by atoms with Crippen LogP contribution in [0.15, 0.2) is 85.1 Å². The van der Waals surface area contributed by atoms with E-state index in [9.17, 15) is 38.7 Å². The Labute approximate surface area is 377 Å². The first-order valence-corrected chi connectivity index (χ1v) is 21.5. The number of likely N-dealkylation sites (N-methyl/N-ethyl adjacent to an activating group) is 1. The maximum atomic E-state index is 15.1. The highest BCUT2D eigenvalue weighted by Gasteiger charge is 2.48. The number of ether oxygens (including phenoxy) is 1. The molecule has 0 aliphatic carbocycles. The molecule has 6 rings (SSSR count). The summed E-state index contributed by atoms with van der Waals surface area (Å²) in [5.74, 6) is -6.75. The van der Waals surface area contributed by atoms with Gasteiger partial charge in [0, 0.05) is 64.5 Å². The fourth-order valence-electron chi connectivity index (χ4n) is 8.31. The fraction of sp³-hybridized carbons (Fsp3) is 0.426. The van der Waals surface area contributed by atoms with Crippen LogP contribution in [0.1, 0.15) is 74.1 Å². The second-order valence-electron chi connectivity index (χ2n) is 17.1. The topological polar surface area (TPSA) is 228 Å². The number of nitrogens with zero attached hydrogens (tertiary/aromatic N) is 5. The zero-order valence-corrected chi connectivity index (χ0v) is 37.4. The van der Waals surface area contributed by atoms with Gasteiger partial charge in [0.1, 0.15) is 41.6 Å². The summed E-state index contributed by atoms with van der Waals surface area (Å²) < 4.78 is 5.89. The zero-order valence-electron chi connectivity index (χ0n) is 37.4. The van der Waals surface area contributed by atoms with E-state index < -0.39 is 107 Å². The van der Waals surface area contributed by atoms with Crippen molar-refractivity contribution in [2.45, 2.75) is 94.7 Å². The number of ketones is 1. The number of fused-ring (bicyclic) bond motifs is 2. The van der Waals surface area contributed by atoms with Crippen LogP contribution in [0, 0.1) is 0 Å². The number of hydrogen-bond donors (Lipinski definition) is 4. The number of esters is 1. The molecule has 18 heteroatoms. The van der Waals surface area contributed by atoms with E-state index in [2.05, 4.69) is 27.5 Å². The second-order valence-corrected chi connectivity index (χ2v) is 17.1. The molecule has 65 heavy (non-hydrogen) atoms. The molecule has 0 bridgehead atoms. The molecule has 0 radical (unpaired) electrons. The van der Waals surface area contributed by atoms with Crippen molar-refractivity contribution in [1.82, 2.24) is 35.6 Å². The van der Waals surface area contributed by atoms with Gasteiger partial charge in [-0.25, -0.2) is 9.78 Å². The van der Waals surface area contributed by atoms with Gasteiger partial charge in [-0.2, -0.15) is 0 Å². The van der Waals surface area contributed by atoms with E-state index >= 15 is 4.79 Å². The number of aromatic hydroxyl groups is 1. The number of rotatable bonds is 7. The van der Waals surface area contributed by atoms with Gasteiger partial charge >= 0.3 is 5.97 Å². The normalized spacial score (nSPS) is 26.2. The molecule has 6 amide bonds. The highest BCUT2D eigenvalue weighted by atomic mass is 16.5. The third-order valence-electron chi connectivity index (χ3n) is 12.5. The van der Waals surface area contributed by atoms with Gasteiger partial charge in [-0.1, -0.05) is 56.0 Å². The Morgan fingerprint density at radius 2 is 1.65 bits per heavy atom. The van der Waals surface area contributed by atoms with Gasteiger partial charge in [0.2, 0.25) is 29.5 Å². The standard InChI is InChI=1S/C47H56N8O10/c1-8-47(4)46(64)54-23-13-16-32(54)43(61)53(7)34(24-29-18-20-31(21-19-29)52(5)6)44(62)55-26-27(2)36(57)25-33(55)40(58)50-38(30-14-10-9-11-15-30)45(63)65-28(3)37(42(60)51-47)49-41(59)39-35(56)17-12-22-48-39/h9-12,14-15,17-22,28,32-34,37-38,56H,2,8,13,16,23-26H2,1,3-7H3,(H,49,59)(H,50,58)(H,51,60)/t28-,32+,33+,34+,37+,38+,47+/m1/s1. The summed E-state index contributed by atoms with van der Waals surface area (Å²) in [5, 5.41) is 18.4. The van der Waals surface area contributed by atoms with Crippen molar-refractivity contribution in [3.63, 3.8) is 0 Å². The van der Waals surface area contributed by atoms with Crippen LogP contribution >= 0.6 is 0 Å². The molecule has 0 saturated carbocycles. The van der Waals surface area contributed by atoms with Gasteiger partial charge in [0.15, 0.2) is 17.5 Å². The molecule has 4 heterocycles. The van der Waals surface area contributed by atoms with Crippen molar-refractivity contribution in [2.24, 2.45) is 0 Å². The Morgan fingerprint density at radius 3 is 2.29 bits per heavy atom. The Bertz CT molecular complexity index is 2360. The molecule has 0 unspecified atom stereocenters. The molecular formula is C47H56N8O10. The monoisotopic (exact) mass is 892 g/mol. The Morgan fingerprint density at radius 1 is 0.954 bits per heavy atom. The van der Waals surface area contributed by atoms with E-state index in [1.54, 1.807) is 37.3 Å². The number of hydrogen-bond acceptors (Lipinski definition) is 12. The number of carbonyl (C=O) groups is 8. The number of Topliss-reactive ketones (excluding diaryl/α,β-unsaturated/α-hetero) is 1. The van der Waals surface area contributed by atoms with Crippen molar-refractivity contribution in [2.75, 3.05) is 39.1 Å². The molecule has 3 aromatic rings.